The van der Waals surface area contributed by atoms with Gasteiger partial charge in [-0.05, 0) is 27.7 Å². The standard InChI is InChI=1S/C9H22N2O2/c1-8(2,10)5-12-7-13-6-9(3,4)11/h5-7,10-11H2,1-4H3/p+1. The molecule has 5 N–H and O–H groups in total. The molecule has 0 heterocycles. The predicted octanol–water partition coefficient (Wildman–Crippen LogP) is -0.265. The fourth-order valence-electron chi connectivity index (χ4n) is 0.682. The summed E-state index contributed by atoms with van der Waals surface area (Å²) in [6.07, 6.45) is 0. The van der Waals surface area contributed by atoms with E-state index in [1.54, 1.807) is 0 Å². The van der Waals surface area contributed by atoms with E-state index < -0.39 is 0 Å². The molecule has 0 aliphatic heterocycles. The molecule has 0 aromatic rings. The van der Waals surface area contributed by atoms with Crippen molar-refractivity contribution in [3.8, 4) is 0 Å². The van der Waals surface area contributed by atoms with Crippen LogP contribution in [0, 0.1) is 0 Å². The maximum atomic E-state index is 5.71. The third-order valence-electron chi connectivity index (χ3n) is 1.13. The van der Waals surface area contributed by atoms with Crippen LogP contribution in [0.3, 0.4) is 0 Å². The lowest BCUT2D eigenvalue weighted by Gasteiger charge is -2.19. The van der Waals surface area contributed by atoms with E-state index in [9.17, 15) is 0 Å². The van der Waals surface area contributed by atoms with Gasteiger partial charge in [-0.15, -0.1) is 0 Å². The van der Waals surface area contributed by atoms with Gasteiger partial charge >= 0.3 is 0 Å². The molecule has 0 aliphatic rings. The molecule has 80 valence electrons. The summed E-state index contributed by atoms with van der Waals surface area (Å²) in [7, 11) is 0. The van der Waals surface area contributed by atoms with Gasteiger partial charge in [0.1, 0.15) is 18.9 Å². The second-order valence-corrected chi connectivity index (χ2v) is 4.97. The van der Waals surface area contributed by atoms with Crippen molar-refractivity contribution in [1.82, 2.24) is 0 Å². The van der Waals surface area contributed by atoms with Crippen LogP contribution < -0.4 is 11.5 Å². The zero-order valence-electron chi connectivity index (χ0n) is 9.22. The third-order valence-corrected chi connectivity index (χ3v) is 1.13. The van der Waals surface area contributed by atoms with Gasteiger partial charge in [0.2, 0.25) is 0 Å². The molecule has 0 rings (SSSR count). The molecule has 0 saturated heterocycles. The molecule has 0 aliphatic carbocycles. The van der Waals surface area contributed by atoms with Gasteiger partial charge in [0.05, 0.1) is 6.61 Å². The van der Waals surface area contributed by atoms with Crippen molar-refractivity contribution < 1.29 is 15.2 Å². The minimum Gasteiger partial charge on any atom is -0.354 e. The van der Waals surface area contributed by atoms with E-state index in [1.807, 2.05) is 27.7 Å². The van der Waals surface area contributed by atoms with Crippen LogP contribution in [0.2, 0.25) is 0 Å². The quantitative estimate of drug-likeness (QED) is 0.448. The highest BCUT2D eigenvalue weighted by Gasteiger charge is 2.15. The van der Waals surface area contributed by atoms with Crippen LogP contribution in [0.5, 0.6) is 0 Å². The van der Waals surface area contributed by atoms with Crippen LogP contribution in [0.25, 0.3) is 0 Å². The summed E-state index contributed by atoms with van der Waals surface area (Å²) < 4.78 is 10.5. The highest BCUT2D eigenvalue weighted by atomic mass is 16.7. The molecule has 4 heteroatoms. The minimum atomic E-state index is -0.288. The van der Waals surface area contributed by atoms with E-state index in [4.69, 9.17) is 15.2 Å². The zero-order chi connectivity index (χ0) is 10.5. The first kappa shape index (κ1) is 12.8. The summed E-state index contributed by atoms with van der Waals surface area (Å²) in [5, 5.41) is 0. The van der Waals surface area contributed by atoms with Crippen LogP contribution >= 0.6 is 0 Å². The van der Waals surface area contributed by atoms with Crippen LogP contribution in [0.1, 0.15) is 27.7 Å². The van der Waals surface area contributed by atoms with Gasteiger partial charge in [-0.1, -0.05) is 0 Å². The number of hydrogen-bond donors (Lipinski definition) is 2. The van der Waals surface area contributed by atoms with Crippen molar-refractivity contribution in [1.29, 1.82) is 0 Å². The zero-order valence-corrected chi connectivity index (χ0v) is 9.22. The van der Waals surface area contributed by atoms with E-state index in [2.05, 4.69) is 5.73 Å². The summed E-state index contributed by atoms with van der Waals surface area (Å²) in [6.45, 7) is 9.25. The van der Waals surface area contributed by atoms with Crippen molar-refractivity contribution in [2.75, 3.05) is 20.0 Å². The van der Waals surface area contributed by atoms with Crippen molar-refractivity contribution in [3.05, 3.63) is 0 Å². The van der Waals surface area contributed by atoms with E-state index >= 15 is 0 Å². The molecular formula is C9H23N2O2+. The Morgan fingerprint density at radius 2 is 1.54 bits per heavy atom. The fraction of sp³-hybridized carbons (Fsp3) is 1.00. The number of quaternary nitrogens is 1. The Kier molecular flexibility index (Phi) is 4.85. The Bertz CT molecular complexity index is 120. The third kappa shape index (κ3) is 11.8. The molecule has 0 aromatic carbocycles. The topological polar surface area (TPSA) is 72.1 Å². The molecule has 0 bridgehead atoms. The van der Waals surface area contributed by atoms with Crippen LogP contribution in [-0.2, 0) is 9.47 Å². The van der Waals surface area contributed by atoms with Gasteiger partial charge in [0.25, 0.3) is 0 Å². The highest BCUT2D eigenvalue weighted by Crippen LogP contribution is 1.98. The Morgan fingerprint density at radius 3 is 1.92 bits per heavy atom. The monoisotopic (exact) mass is 191 g/mol. The number of rotatable bonds is 6. The van der Waals surface area contributed by atoms with E-state index in [-0.39, 0.29) is 11.1 Å². The Labute approximate surface area is 80.6 Å². The average molecular weight is 191 g/mol. The molecular weight excluding hydrogens is 168 g/mol. The first-order chi connectivity index (χ1) is 5.71. The van der Waals surface area contributed by atoms with E-state index in [0.717, 1.165) is 0 Å². The Balaban J connectivity index is 3.28. The van der Waals surface area contributed by atoms with Gasteiger partial charge in [-0.2, -0.15) is 0 Å². The molecule has 0 aromatic heterocycles. The van der Waals surface area contributed by atoms with Crippen molar-refractivity contribution >= 4 is 0 Å². The second-order valence-electron chi connectivity index (χ2n) is 4.97. The summed E-state index contributed by atoms with van der Waals surface area (Å²) in [5.41, 5.74) is 9.28. The predicted molar refractivity (Wildman–Crippen MR) is 52.0 cm³/mol. The number of ether oxygens (including phenoxy) is 2. The SMILES string of the molecule is CC(C)(N)COCOCC(C)(C)[NH3+]. The molecule has 0 unspecified atom stereocenters. The lowest BCUT2D eigenvalue weighted by atomic mass is 10.1. The summed E-state index contributed by atoms with van der Waals surface area (Å²) in [6, 6.07) is 0. The van der Waals surface area contributed by atoms with Crippen molar-refractivity contribution in [3.63, 3.8) is 0 Å². The Morgan fingerprint density at radius 1 is 1.08 bits per heavy atom. The second kappa shape index (κ2) is 4.91. The van der Waals surface area contributed by atoms with E-state index in [0.29, 0.717) is 20.0 Å². The van der Waals surface area contributed by atoms with Crippen molar-refractivity contribution in [2.45, 2.75) is 38.8 Å². The van der Waals surface area contributed by atoms with Crippen molar-refractivity contribution in [2.24, 2.45) is 5.73 Å². The first-order valence-corrected chi connectivity index (χ1v) is 4.50. The van der Waals surface area contributed by atoms with Crippen LogP contribution in [0.15, 0.2) is 0 Å². The average Bonchev–Trinajstić information content (AvgIpc) is 1.81. The minimum absolute atomic E-state index is 0.0540. The normalized spacial score (nSPS) is 13.4. The largest absolute Gasteiger partial charge is 0.354 e. The number of nitrogens with two attached hydrogens (primary N) is 1. The van der Waals surface area contributed by atoms with Gasteiger partial charge < -0.3 is 20.9 Å². The van der Waals surface area contributed by atoms with Gasteiger partial charge in [0.15, 0.2) is 0 Å². The first-order valence-electron chi connectivity index (χ1n) is 4.50. The maximum Gasteiger partial charge on any atom is 0.147 e. The van der Waals surface area contributed by atoms with E-state index in [1.165, 1.54) is 0 Å². The number of hydrogen-bond acceptors (Lipinski definition) is 3. The fourth-order valence-corrected chi connectivity index (χ4v) is 0.682. The Hall–Kier alpha value is -0.160. The van der Waals surface area contributed by atoms with Crippen LogP contribution in [0.4, 0.5) is 0 Å². The van der Waals surface area contributed by atoms with Gasteiger partial charge in [0, 0.05) is 5.54 Å². The maximum absolute atomic E-state index is 5.71. The lowest BCUT2D eigenvalue weighted by Crippen LogP contribution is -2.71. The molecule has 4 nitrogen and oxygen atoms in total. The van der Waals surface area contributed by atoms with Gasteiger partial charge in [-0.25, -0.2) is 0 Å². The smallest absolute Gasteiger partial charge is 0.147 e. The summed E-state index contributed by atoms with van der Waals surface area (Å²) >= 11 is 0. The molecule has 0 atom stereocenters. The molecule has 0 amide bonds. The summed E-state index contributed by atoms with van der Waals surface area (Å²) in [5.74, 6) is 0. The molecule has 0 radical (unpaired) electrons. The highest BCUT2D eigenvalue weighted by molar-refractivity contribution is 4.69. The lowest BCUT2D eigenvalue weighted by molar-refractivity contribution is -0.474. The molecule has 0 saturated carbocycles. The van der Waals surface area contributed by atoms with Crippen LogP contribution in [-0.4, -0.2) is 31.1 Å². The molecule has 0 fully saturated rings. The summed E-state index contributed by atoms with van der Waals surface area (Å²) in [4.78, 5) is 0. The molecule has 0 spiro atoms. The van der Waals surface area contributed by atoms with Gasteiger partial charge in [-0.3, -0.25) is 0 Å². The molecule has 13 heavy (non-hydrogen) atoms.